The monoisotopic (exact) mass is 474 g/mol. The van der Waals surface area contributed by atoms with Crippen LogP contribution >= 0.6 is 0 Å². The van der Waals surface area contributed by atoms with Gasteiger partial charge in [0.15, 0.2) is 0 Å². The van der Waals surface area contributed by atoms with Crippen molar-refractivity contribution in [2.75, 3.05) is 0 Å². The Kier molecular flexibility index (Phi) is 9.33. The predicted molar refractivity (Wildman–Crippen MR) is 109 cm³/mol. The highest BCUT2D eigenvalue weighted by atomic mass is 19.4. The average Bonchev–Trinajstić information content (AvgIpc) is 2.74. The molecule has 3 aromatic carbocycles. The molecule has 3 aromatic rings. The Labute approximate surface area is 185 Å². The van der Waals surface area contributed by atoms with Crippen LogP contribution in [0.1, 0.15) is 18.1 Å². The number of carbonyl (C=O) groups excluding carboxylic acids is 1. The minimum atomic E-state index is -4.64. The highest BCUT2D eigenvalue weighted by Crippen LogP contribution is 2.46. The largest absolute Gasteiger partial charge is 0.508 e. The van der Waals surface area contributed by atoms with Crippen LogP contribution in [0.2, 0.25) is 0 Å². The van der Waals surface area contributed by atoms with Crippen molar-refractivity contribution < 1.29 is 46.5 Å². The van der Waals surface area contributed by atoms with Crippen molar-refractivity contribution in [3.8, 4) is 17.2 Å². The Balaban J connectivity index is 0.000000342. The quantitative estimate of drug-likeness (QED) is 0.310. The lowest BCUT2D eigenvalue weighted by Gasteiger charge is -2.33. The van der Waals surface area contributed by atoms with Crippen LogP contribution in [0.5, 0.6) is 17.2 Å². The molecule has 4 nitrogen and oxygen atoms in total. The zero-order valence-electron chi connectivity index (χ0n) is 17.1. The van der Waals surface area contributed by atoms with E-state index in [-0.39, 0.29) is 22.6 Å². The van der Waals surface area contributed by atoms with Gasteiger partial charge >= 0.3 is 12.4 Å². The number of halogens is 6. The van der Waals surface area contributed by atoms with Crippen molar-refractivity contribution in [2.45, 2.75) is 24.7 Å². The van der Waals surface area contributed by atoms with E-state index in [1.165, 1.54) is 48.5 Å². The van der Waals surface area contributed by atoms with Gasteiger partial charge < -0.3 is 15.3 Å². The molecule has 0 aliphatic carbocycles. The van der Waals surface area contributed by atoms with Crippen LogP contribution in [0.3, 0.4) is 0 Å². The topological polar surface area (TPSA) is 77.8 Å². The number of rotatable bonds is 2. The molecule has 0 atom stereocenters. The number of aromatic hydroxyl groups is 3. The van der Waals surface area contributed by atoms with Gasteiger partial charge in [-0.25, -0.2) is 0 Å². The smallest absolute Gasteiger partial charge is 0.446 e. The molecule has 0 aromatic heterocycles. The van der Waals surface area contributed by atoms with Gasteiger partial charge in [-0.15, -0.1) is 0 Å². The van der Waals surface area contributed by atoms with Crippen molar-refractivity contribution in [2.24, 2.45) is 0 Å². The molecule has 0 spiro atoms. The molecule has 0 unspecified atom stereocenters. The summed E-state index contributed by atoms with van der Waals surface area (Å²) in [5.41, 5.74) is -2.17. The van der Waals surface area contributed by atoms with Crippen molar-refractivity contribution in [3.63, 3.8) is 0 Å². The number of phenolic OH excluding ortho intramolecular Hbond substituents is 3. The van der Waals surface area contributed by atoms with Crippen molar-refractivity contribution in [3.05, 3.63) is 90.0 Å². The second-order valence-electron chi connectivity index (χ2n) is 6.71. The Bertz CT molecular complexity index is 937. The Morgan fingerprint density at radius 3 is 1.12 bits per heavy atom. The van der Waals surface area contributed by atoms with E-state index in [1.807, 2.05) is 6.07 Å². The maximum atomic E-state index is 13.6. The van der Waals surface area contributed by atoms with Gasteiger partial charge in [-0.05, 0) is 54.4 Å². The van der Waals surface area contributed by atoms with Crippen molar-refractivity contribution in [1.82, 2.24) is 0 Å². The molecule has 0 saturated heterocycles. The summed E-state index contributed by atoms with van der Waals surface area (Å²) >= 11 is 0. The van der Waals surface area contributed by atoms with Gasteiger partial charge in [-0.1, -0.05) is 42.5 Å². The zero-order chi connectivity index (χ0) is 25.3. The fourth-order valence-corrected chi connectivity index (χ4v) is 2.51. The number of alkyl halides is 6. The van der Waals surface area contributed by atoms with Crippen LogP contribution in [0, 0.1) is 0 Å². The first-order valence-electron chi connectivity index (χ1n) is 9.13. The number of hydrogen-bond acceptors (Lipinski definition) is 4. The molecule has 3 N–H and O–H groups in total. The first-order chi connectivity index (χ1) is 15.2. The number of benzene rings is 3. The number of para-hydroxylation sites is 1. The van der Waals surface area contributed by atoms with Gasteiger partial charge in [0, 0.05) is 0 Å². The van der Waals surface area contributed by atoms with Crippen LogP contribution < -0.4 is 0 Å². The van der Waals surface area contributed by atoms with E-state index in [2.05, 4.69) is 0 Å². The summed E-state index contributed by atoms with van der Waals surface area (Å²) < 4.78 is 71.9. The van der Waals surface area contributed by atoms with Crippen molar-refractivity contribution in [1.29, 1.82) is 0 Å². The molecular formula is C23H20F6O4. The molecule has 0 amide bonds. The summed E-state index contributed by atoms with van der Waals surface area (Å²) in [4.78, 5) is 8.70. The molecule has 33 heavy (non-hydrogen) atoms. The Morgan fingerprint density at radius 2 is 0.909 bits per heavy atom. The van der Waals surface area contributed by atoms with Gasteiger partial charge in [-0.2, -0.15) is 26.3 Å². The van der Waals surface area contributed by atoms with Gasteiger partial charge in [0.2, 0.25) is 6.29 Å². The normalized spacial score (nSPS) is 11.4. The first-order valence-corrected chi connectivity index (χ1v) is 9.13. The fraction of sp³-hybridized carbons (Fsp3) is 0.174. The van der Waals surface area contributed by atoms with Crippen LogP contribution in [-0.2, 0) is 10.2 Å². The standard InChI is InChI=1S/C15H13F3O2.C6H6O.C2HF3O/c1-14(15(16,17)18,10-2-6-12(19)7-3-10)11-4-8-13(20)9-5-11;7-6-4-2-1-3-5-6;3-2(4,5)1-6/h2-9,19-20H,1H3;1-5,7H;1H. The SMILES string of the molecule is CC(c1ccc(O)cc1)(c1ccc(O)cc1)C(F)(F)F.O=CC(F)(F)F.Oc1ccccc1. The predicted octanol–water partition coefficient (Wildman–Crippen LogP) is 6.11. The molecule has 0 fully saturated rings. The lowest BCUT2D eigenvalue weighted by Crippen LogP contribution is -2.40. The number of hydrogen-bond donors (Lipinski definition) is 3. The molecule has 0 bridgehead atoms. The van der Waals surface area contributed by atoms with Gasteiger partial charge in [0.1, 0.15) is 22.7 Å². The third kappa shape index (κ3) is 8.40. The molecule has 0 heterocycles. The molecule has 0 aliphatic rings. The van der Waals surface area contributed by atoms with E-state index < -0.39 is 24.1 Å². The lowest BCUT2D eigenvalue weighted by molar-refractivity contribution is -0.173. The summed E-state index contributed by atoms with van der Waals surface area (Å²) in [6.07, 6.45) is -10.2. The molecule has 10 heteroatoms. The maximum Gasteiger partial charge on any atom is 0.446 e. The third-order valence-electron chi connectivity index (χ3n) is 4.35. The van der Waals surface area contributed by atoms with Gasteiger partial charge in [0.25, 0.3) is 0 Å². The summed E-state index contributed by atoms with van der Waals surface area (Å²) in [5, 5.41) is 27.1. The summed E-state index contributed by atoms with van der Waals surface area (Å²) in [6, 6.07) is 18.6. The maximum absolute atomic E-state index is 13.6. The minimum absolute atomic E-state index is 0.0217. The van der Waals surface area contributed by atoms with Gasteiger partial charge in [0.05, 0.1) is 0 Å². The highest BCUT2D eigenvalue weighted by Gasteiger charge is 2.53. The summed E-state index contributed by atoms with van der Waals surface area (Å²) in [6.45, 7) is 1.08. The van der Waals surface area contributed by atoms with E-state index in [0.29, 0.717) is 5.75 Å². The number of aldehydes is 1. The molecule has 0 aliphatic heterocycles. The molecule has 0 radical (unpaired) electrons. The van der Waals surface area contributed by atoms with E-state index in [0.717, 1.165) is 6.92 Å². The summed E-state index contributed by atoms with van der Waals surface area (Å²) in [5.74, 6) is 0.135. The molecule has 3 rings (SSSR count). The van der Waals surface area contributed by atoms with Crippen LogP contribution in [0.15, 0.2) is 78.9 Å². The fourth-order valence-electron chi connectivity index (χ4n) is 2.51. The zero-order valence-corrected chi connectivity index (χ0v) is 17.1. The minimum Gasteiger partial charge on any atom is -0.508 e. The van der Waals surface area contributed by atoms with E-state index >= 15 is 0 Å². The van der Waals surface area contributed by atoms with Crippen LogP contribution in [0.25, 0.3) is 0 Å². The average molecular weight is 474 g/mol. The summed E-state index contributed by atoms with van der Waals surface area (Å²) in [7, 11) is 0. The first kappa shape index (κ1) is 27.3. The lowest BCUT2D eigenvalue weighted by atomic mass is 9.75. The number of phenols is 3. The second-order valence-corrected chi connectivity index (χ2v) is 6.71. The highest BCUT2D eigenvalue weighted by molar-refractivity contribution is 5.56. The van der Waals surface area contributed by atoms with E-state index in [4.69, 9.17) is 9.90 Å². The van der Waals surface area contributed by atoms with Crippen molar-refractivity contribution >= 4 is 6.29 Å². The number of carbonyl (C=O) groups is 1. The van der Waals surface area contributed by atoms with Crippen LogP contribution in [-0.4, -0.2) is 34.0 Å². The van der Waals surface area contributed by atoms with E-state index in [9.17, 15) is 36.6 Å². The molecule has 0 saturated carbocycles. The molecule has 178 valence electrons. The Hall–Kier alpha value is -3.69. The van der Waals surface area contributed by atoms with Crippen LogP contribution in [0.4, 0.5) is 26.3 Å². The molecular weight excluding hydrogens is 454 g/mol. The second kappa shape index (κ2) is 11.3. The third-order valence-corrected chi connectivity index (χ3v) is 4.35. The Morgan fingerprint density at radius 1 is 0.606 bits per heavy atom. The van der Waals surface area contributed by atoms with E-state index in [1.54, 1.807) is 24.3 Å². The van der Waals surface area contributed by atoms with Gasteiger partial charge in [-0.3, -0.25) is 4.79 Å².